The van der Waals surface area contributed by atoms with Gasteiger partial charge in [-0.05, 0) is 36.6 Å². The molecular formula is C13H14N2OS2. The van der Waals surface area contributed by atoms with Gasteiger partial charge in [0.05, 0.1) is 11.4 Å². The molecule has 94 valence electrons. The first-order valence-electron chi connectivity index (χ1n) is 5.68. The average Bonchev–Trinajstić information content (AvgIpc) is 2.45. The number of pyridine rings is 2. The largest absolute Gasteiger partial charge is 0.396 e. The molecule has 1 N–H and O–H groups in total. The van der Waals surface area contributed by atoms with Gasteiger partial charge in [0, 0.05) is 23.9 Å². The Morgan fingerprint density at radius 1 is 1.17 bits per heavy atom. The molecule has 0 saturated heterocycles. The quantitative estimate of drug-likeness (QED) is 0.652. The van der Waals surface area contributed by atoms with E-state index in [1.807, 2.05) is 24.3 Å². The van der Waals surface area contributed by atoms with Crippen molar-refractivity contribution in [3.05, 3.63) is 42.2 Å². The Bertz CT molecular complexity index is 506. The van der Waals surface area contributed by atoms with E-state index in [9.17, 15) is 0 Å². The Morgan fingerprint density at radius 2 is 2.06 bits per heavy atom. The standard InChI is InChI=1S/C13H14N2OS2/c16-9-3-4-10-12(18-17)6-8-15-13(10)11-5-1-2-7-14-11/h1-2,5-8,16-17H,3-4,9H2. The van der Waals surface area contributed by atoms with Crippen LogP contribution in [-0.2, 0) is 6.42 Å². The van der Waals surface area contributed by atoms with Gasteiger partial charge in [0.1, 0.15) is 0 Å². The molecule has 3 nitrogen and oxygen atoms in total. The molecule has 5 heteroatoms. The monoisotopic (exact) mass is 278 g/mol. The zero-order valence-corrected chi connectivity index (χ0v) is 11.5. The minimum atomic E-state index is 0.174. The van der Waals surface area contributed by atoms with E-state index in [2.05, 4.69) is 21.6 Å². The molecule has 18 heavy (non-hydrogen) atoms. The number of hydrogen-bond donors (Lipinski definition) is 2. The molecule has 0 unspecified atom stereocenters. The van der Waals surface area contributed by atoms with Crippen molar-refractivity contribution < 1.29 is 5.11 Å². The first kappa shape index (κ1) is 13.4. The van der Waals surface area contributed by atoms with Crippen molar-refractivity contribution in [1.82, 2.24) is 9.97 Å². The van der Waals surface area contributed by atoms with Crippen molar-refractivity contribution in [2.45, 2.75) is 17.7 Å². The van der Waals surface area contributed by atoms with Crippen LogP contribution in [0.5, 0.6) is 0 Å². The SMILES string of the molecule is OCCCc1c(SS)ccnc1-c1ccccn1. The Labute approximate surface area is 115 Å². The first-order valence-corrected chi connectivity index (χ1v) is 7.55. The van der Waals surface area contributed by atoms with Crippen LogP contribution >= 0.6 is 22.5 Å². The van der Waals surface area contributed by atoms with Crippen LogP contribution in [-0.4, -0.2) is 21.7 Å². The van der Waals surface area contributed by atoms with E-state index in [0.717, 1.165) is 28.3 Å². The highest BCUT2D eigenvalue weighted by Crippen LogP contribution is 2.31. The van der Waals surface area contributed by atoms with Crippen LogP contribution in [0.25, 0.3) is 11.4 Å². The molecule has 0 spiro atoms. The third-order valence-electron chi connectivity index (χ3n) is 2.60. The maximum Gasteiger partial charge on any atom is 0.0929 e. The molecule has 0 saturated carbocycles. The number of nitrogens with zero attached hydrogens (tertiary/aromatic N) is 2. The number of aromatic nitrogens is 2. The maximum absolute atomic E-state index is 8.99. The molecule has 0 aromatic carbocycles. The lowest BCUT2D eigenvalue weighted by atomic mass is 10.1. The van der Waals surface area contributed by atoms with Gasteiger partial charge in [0.2, 0.25) is 0 Å². The lowest BCUT2D eigenvalue weighted by molar-refractivity contribution is 0.288. The lowest BCUT2D eigenvalue weighted by Gasteiger charge is -2.11. The average molecular weight is 278 g/mol. The topological polar surface area (TPSA) is 46.0 Å². The number of aliphatic hydroxyl groups is 1. The third-order valence-corrected chi connectivity index (χ3v) is 3.77. The zero-order chi connectivity index (χ0) is 12.8. The molecule has 0 fully saturated rings. The molecule has 0 amide bonds. The second kappa shape index (κ2) is 6.78. The fourth-order valence-electron chi connectivity index (χ4n) is 1.78. The van der Waals surface area contributed by atoms with Gasteiger partial charge in [-0.25, -0.2) is 0 Å². The first-order chi connectivity index (χ1) is 8.86. The second-order valence-corrected chi connectivity index (χ2v) is 4.94. The van der Waals surface area contributed by atoms with E-state index in [0.29, 0.717) is 6.42 Å². The van der Waals surface area contributed by atoms with Crippen LogP contribution in [0, 0.1) is 0 Å². The number of hydrogen-bond acceptors (Lipinski definition) is 5. The Kier molecular flexibility index (Phi) is 5.04. The highest BCUT2D eigenvalue weighted by atomic mass is 33.1. The van der Waals surface area contributed by atoms with Gasteiger partial charge in [-0.1, -0.05) is 16.9 Å². The molecule has 0 atom stereocenters. The van der Waals surface area contributed by atoms with Crippen LogP contribution < -0.4 is 0 Å². The van der Waals surface area contributed by atoms with Gasteiger partial charge in [-0.3, -0.25) is 9.97 Å². The van der Waals surface area contributed by atoms with Crippen molar-refractivity contribution in [2.24, 2.45) is 0 Å². The Morgan fingerprint density at radius 3 is 2.72 bits per heavy atom. The van der Waals surface area contributed by atoms with Crippen LogP contribution in [0.2, 0.25) is 0 Å². The van der Waals surface area contributed by atoms with Gasteiger partial charge in [0.25, 0.3) is 0 Å². The summed E-state index contributed by atoms with van der Waals surface area (Å²) in [5.41, 5.74) is 2.84. The van der Waals surface area contributed by atoms with E-state index in [1.54, 1.807) is 12.4 Å². The van der Waals surface area contributed by atoms with Crippen molar-refractivity contribution in [3.8, 4) is 11.4 Å². The molecule has 0 radical (unpaired) electrons. The maximum atomic E-state index is 8.99. The summed E-state index contributed by atoms with van der Waals surface area (Å²) in [7, 11) is 1.40. The fourth-order valence-corrected chi connectivity index (χ4v) is 2.73. The van der Waals surface area contributed by atoms with Crippen LogP contribution in [0.1, 0.15) is 12.0 Å². The van der Waals surface area contributed by atoms with Crippen LogP contribution in [0.3, 0.4) is 0 Å². The molecule has 0 aliphatic carbocycles. The lowest BCUT2D eigenvalue weighted by Crippen LogP contribution is -1.98. The summed E-state index contributed by atoms with van der Waals surface area (Å²) in [5.74, 6) is 0. The smallest absolute Gasteiger partial charge is 0.0929 e. The van der Waals surface area contributed by atoms with Gasteiger partial charge < -0.3 is 5.11 Å². The van der Waals surface area contributed by atoms with Gasteiger partial charge >= 0.3 is 0 Å². The Balaban J connectivity index is 2.45. The summed E-state index contributed by atoms with van der Waals surface area (Å²) in [6.07, 6.45) is 5.02. The summed E-state index contributed by atoms with van der Waals surface area (Å²) >= 11 is 4.27. The molecule has 2 aromatic heterocycles. The molecule has 0 aliphatic rings. The van der Waals surface area contributed by atoms with Gasteiger partial charge in [-0.15, -0.1) is 11.7 Å². The highest BCUT2D eigenvalue weighted by Gasteiger charge is 2.11. The summed E-state index contributed by atoms with van der Waals surface area (Å²) < 4.78 is 0. The fraction of sp³-hybridized carbons (Fsp3) is 0.231. The zero-order valence-electron chi connectivity index (χ0n) is 9.78. The van der Waals surface area contributed by atoms with Crippen molar-refractivity contribution in [2.75, 3.05) is 6.61 Å². The molecule has 2 heterocycles. The summed E-state index contributed by atoms with van der Waals surface area (Å²) in [5, 5.41) is 8.99. The van der Waals surface area contributed by atoms with Gasteiger partial charge in [-0.2, -0.15) is 0 Å². The van der Waals surface area contributed by atoms with Crippen molar-refractivity contribution >= 4 is 22.5 Å². The van der Waals surface area contributed by atoms with E-state index in [4.69, 9.17) is 5.11 Å². The number of aliphatic hydroxyl groups excluding tert-OH is 1. The molecule has 0 bridgehead atoms. The van der Waals surface area contributed by atoms with E-state index >= 15 is 0 Å². The van der Waals surface area contributed by atoms with E-state index < -0.39 is 0 Å². The van der Waals surface area contributed by atoms with Crippen LogP contribution in [0.4, 0.5) is 0 Å². The number of rotatable bonds is 5. The highest BCUT2D eigenvalue weighted by molar-refractivity contribution is 8.68. The van der Waals surface area contributed by atoms with Crippen LogP contribution in [0.15, 0.2) is 41.6 Å². The Hall–Kier alpha value is -1.04. The molecule has 2 aromatic rings. The predicted octanol–water partition coefficient (Wildman–Crippen LogP) is 3.01. The van der Waals surface area contributed by atoms with E-state index in [1.165, 1.54) is 10.8 Å². The minimum absolute atomic E-state index is 0.174. The molecule has 0 aliphatic heterocycles. The van der Waals surface area contributed by atoms with Crippen molar-refractivity contribution in [3.63, 3.8) is 0 Å². The normalized spacial score (nSPS) is 10.6. The third kappa shape index (κ3) is 3.04. The predicted molar refractivity (Wildman–Crippen MR) is 77.7 cm³/mol. The number of thiol groups is 1. The minimum Gasteiger partial charge on any atom is -0.396 e. The second-order valence-electron chi connectivity index (χ2n) is 3.77. The summed E-state index contributed by atoms with van der Waals surface area (Å²) in [4.78, 5) is 9.82. The van der Waals surface area contributed by atoms with Crippen molar-refractivity contribution in [1.29, 1.82) is 0 Å². The molecule has 2 rings (SSSR count). The summed E-state index contributed by atoms with van der Waals surface area (Å²) in [6.45, 7) is 0.174. The molecular weight excluding hydrogens is 264 g/mol. The van der Waals surface area contributed by atoms with E-state index in [-0.39, 0.29) is 6.61 Å². The van der Waals surface area contributed by atoms with Gasteiger partial charge in [0.15, 0.2) is 0 Å². The summed E-state index contributed by atoms with van der Waals surface area (Å²) in [6, 6.07) is 7.71.